The fourth-order valence-corrected chi connectivity index (χ4v) is 5.34. The van der Waals surface area contributed by atoms with Crippen LogP contribution in [-0.2, 0) is 30.8 Å². The molecule has 1 aliphatic rings. The Hall–Kier alpha value is -3.91. The molecule has 1 amide bonds. The van der Waals surface area contributed by atoms with Crippen LogP contribution in [0.15, 0.2) is 77.7 Å². The van der Waals surface area contributed by atoms with E-state index in [0.29, 0.717) is 29.9 Å². The summed E-state index contributed by atoms with van der Waals surface area (Å²) in [5.41, 5.74) is 4.94. The summed E-state index contributed by atoms with van der Waals surface area (Å²) in [5, 5.41) is 2.73. The van der Waals surface area contributed by atoms with E-state index in [9.17, 15) is 18.0 Å². The molecule has 1 aliphatic heterocycles. The lowest BCUT2D eigenvalue weighted by molar-refractivity contribution is -0.142. The van der Waals surface area contributed by atoms with Gasteiger partial charge < -0.3 is 10.1 Å². The molecule has 1 heterocycles. The van der Waals surface area contributed by atoms with Gasteiger partial charge in [0.25, 0.3) is 15.9 Å². The molecule has 0 unspecified atom stereocenters. The van der Waals surface area contributed by atoms with Crippen molar-refractivity contribution in [3.63, 3.8) is 0 Å². The van der Waals surface area contributed by atoms with Crippen molar-refractivity contribution in [1.29, 1.82) is 0 Å². The van der Waals surface area contributed by atoms with E-state index in [4.69, 9.17) is 4.74 Å². The fraction of sp³-hybridized carbons (Fsp3) is 0.185. The van der Waals surface area contributed by atoms with Gasteiger partial charge in [0.2, 0.25) is 0 Å². The molecule has 0 radical (unpaired) electrons. The Balaban J connectivity index is 1.33. The van der Waals surface area contributed by atoms with Gasteiger partial charge in [-0.3, -0.25) is 9.10 Å². The van der Waals surface area contributed by atoms with E-state index in [1.54, 1.807) is 12.1 Å². The largest absolute Gasteiger partial charge is 0.452 e. The molecule has 0 atom stereocenters. The number of nitrogens with one attached hydrogen (secondary N) is 1. The SMILES string of the molecule is Cc1ccc(C)c(NC(=O)COC(=O)/C=C/c2ccc(S(=O)(=O)N3CCc4ccccc43)cc2)c1. The van der Waals surface area contributed by atoms with Crippen LogP contribution in [0.1, 0.15) is 22.3 Å². The minimum Gasteiger partial charge on any atom is -0.452 e. The third-order valence-corrected chi connectivity index (χ3v) is 7.56. The second-order valence-corrected chi connectivity index (χ2v) is 10.2. The Morgan fingerprint density at radius 2 is 1.77 bits per heavy atom. The zero-order chi connectivity index (χ0) is 25.0. The minimum atomic E-state index is -3.68. The van der Waals surface area contributed by atoms with Gasteiger partial charge in [-0.15, -0.1) is 0 Å². The molecule has 0 spiro atoms. The summed E-state index contributed by atoms with van der Waals surface area (Å²) in [6.45, 7) is 3.80. The second kappa shape index (κ2) is 10.1. The highest BCUT2D eigenvalue weighted by Crippen LogP contribution is 2.32. The number of aryl methyl sites for hydroxylation is 2. The van der Waals surface area contributed by atoms with E-state index in [1.165, 1.54) is 28.6 Å². The summed E-state index contributed by atoms with van der Waals surface area (Å²) in [4.78, 5) is 24.3. The Kier molecular flexibility index (Phi) is 7.02. The van der Waals surface area contributed by atoms with Crippen LogP contribution in [0, 0.1) is 13.8 Å². The molecule has 0 saturated heterocycles. The minimum absolute atomic E-state index is 0.178. The predicted molar refractivity (Wildman–Crippen MR) is 136 cm³/mol. The Bertz CT molecular complexity index is 1400. The highest BCUT2D eigenvalue weighted by molar-refractivity contribution is 7.92. The van der Waals surface area contributed by atoms with Gasteiger partial charge in [-0.05, 0) is 72.9 Å². The zero-order valence-corrected chi connectivity index (χ0v) is 20.3. The Morgan fingerprint density at radius 3 is 2.54 bits per heavy atom. The molecule has 8 heteroatoms. The number of nitrogens with zero attached hydrogens (tertiary/aromatic N) is 1. The van der Waals surface area contributed by atoms with E-state index in [1.807, 2.05) is 56.3 Å². The molecule has 3 aromatic rings. The predicted octanol–water partition coefficient (Wildman–Crippen LogP) is 4.25. The molecule has 4 rings (SSSR count). The summed E-state index contributed by atoms with van der Waals surface area (Å²) in [6.07, 6.45) is 3.39. The van der Waals surface area contributed by atoms with E-state index in [-0.39, 0.29) is 4.90 Å². The van der Waals surface area contributed by atoms with Gasteiger partial charge in [0, 0.05) is 18.3 Å². The fourth-order valence-electron chi connectivity index (χ4n) is 3.84. The van der Waals surface area contributed by atoms with Gasteiger partial charge in [-0.25, -0.2) is 13.2 Å². The maximum absolute atomic E-state index is 13.1. The number of rotatable bonds is 7. The smallest absolute Gasteiger partial charge is 0.331 e. The van der Waals surface area contributed by atoms with E-state index in [0.717, 1.165) is 16.7 Å². The van der Waals surface area contributed by atoms with Crippen molar-refractivity contribution in [1.82, 2.24) is 0 Å². The van der Waals surface area contributed by atoms with Crippen molar-refractivity contribution in [2.75, 3.05) is 22.8 Å². The number of fused-ring (bicyclic) bond motifs is 1. The number of hydrogen-bond donors (Lipinski definition) is 1. The van der Waals surface area contributed by atoms with Crippen LogP contribution in [0.3, 0.4) is 0 Å². The highest BCUT2D eigenvalue weighted by Gasteiger charge is 2.30. The number of carbonyl (C=O) groups is 2. The van der Waals surface area contributed by atoms with Gasteiger partial charge in [0.1, 0.15) is 0 Å². The molecular formula is C27H26N2O5S. The highest BCUT2D eigenvalue weighted by atomic mass is 32.2. The summed E-state index contributed by atoms with van der Waals surface area (Å²) < 4.78 is 32.6. The lowest BCUT2D eigenvalue weighted by Gasteiger charge is -2.19. The van der Waals surface area contributed by atoms with Crippen LogP contribution in [0.5, 0.6) is 0 Å². The first-order valence-electron chi connectivity index (χ1n) is 11.2. The van der Waals surface area contributed by atoms with Crippen molar-refractivity contribution >= 4 is 39.4 Å². The maximum Gasteiger partial charge on any atom is 0.331 e. The number of para-hydroxylation sites is 1. The Morgan fingerprint density at radius 1 is 1.03 bits per heavy atom. The lowest BCUT2D eigenvalue weighted by atomic mass is 10.1. The lowest BCUT2D eigenvalue weighted by Crippen LogP contribution is -2.29. The van der Waals surface area contributed by atoms with Gasteiger partial charge in [-0.2, -0.15) is 0 Å². The monoisotopic (exact) mass is 490 g/mol. The van der Waals surface area contributed by atoms with Crippen molar-refractivity contribution in [3.8, 4) is 0 Å². The van der Waals surface area contributed by atoms with Gasteiger partial charge in [0.15, 0.2) is 6.61 Å². The molecule has 0 aromatic heterocycles. The third kappa shape index (κ3) is 5.60. The summed E-state index contributed by atoms with van der Waals surface area (Å²) in [6, 6.07) is 19.4. The maximum atomic E-state index is 13.1. The summed E-state index contributed by atoms with van der Waals surface area (Å²) in [5.74, 6) is -1.11. The number of sulfonamides is 1. The number of carbonyl (C=O) groups excluding carboxylic acids is 2. The van der Waals surface area contributed by atoms with Crippen LogP contribution in [-0.4, -0.2) is 33.4 Å². The van der Waals surface area contributed by atoms with Crippen molar-refractivity contribution in [2.45, 2.75) is 25.2 Å². The van der Waals surface area contributed by atoms with Crippen molar-refractivity contribution in [2.24, 2.45) is 0 Å². The summed E-state index contributed by atoms with van der Waals surface area (Å²) >= 11 is 0. The molecular weight excluding hydrogens is 464 g/mol. The quantitative estimate of drug-likeness (QED) is 0.395. The molecule has 0 aliphatic carbocycles. The van der Waals surface area contributed by atoms with Crippen LogP contribution in [0.25, 0.3) is 6.08 Å². The van der Waals surface area contributed by atoms with E-state index >= 15 is 0 Å². The van der Waals surface area contributed by atoms with Gasteiger partial charge in [-0.1, -0.05) is 42.5 Å². The molecule has 0 saturated carbocycles. The van der Waals surface area contributed by atoms with Crippen LogP contribution >= 0.6 is 0 Å². The molecule has 3 aromatic carbocycles. The first-order chi connectivity index (χ1) is 16.7. The number of amides is 1. The number of benzene rings is 3. The first-order valence-corrected chi connectivity index (χ1v) is 12.6. The third-order valence-electron chi connectivity index (χ3n) is 5.74. The summed E-state index contributed by atoms with van der Waals surface area (Å²) in [7, 11) is -3.68. The number of anilines is 2. The van der Waals surface area contributed by atoms with Crippen LogP contribution in [0.4, 0.5) is 11.4 Å². The molecule has 180 valence electrons. The molecule has 0 bridgehead atoms. The first kappa shape index (κ1) is 24.2. The van der Waals surface area contributed by atoms with Crippen molar-refractivity contribution < 1.29 is 22.7 Å². The van der Waals surface area contributed by atoms with E-state index < -0.39 is 28.5 Å². The van der Waals surface area contributed by atoms with Crippen molar-refractivity contribution in [3.05, 3.63) is 95.1 Å². The number of hydrogen-bond acceptors (Lipinski definition) is 5. The Labute approximate surface area is 205 Å². The number of ether oxygens (including phenoxy) is 1. The van der Waals surface area contributed by atoms with Crippen LogP contribution < -0.4 is 9.62 Å². The zero-order valence-electron chi connectivity index (χ0n) is 19.5. The molecule has 35 heavy (non-hydrogen) atoms. The van der Waals surface area contributed by atoms with Crippen LogP contribution in [0.2, 0.25) is 0 Å². The topological polar surface area (TPSA) is 92.8 Å². The molecule has 1 N–H and O–H groups in total. The van der Waals surface area contributed by atoms with Gasteiger partial charge in [0.05, 0.1) is 10.6 Å². The average Bonchev–Trinajstić information content (AvgIpc) is 3.29. The molecule has 0 fully saturated rings. The number of esters is 1. The average molecular weight is 491 g/mol. The van der Waals surface area contributed by atoms with E-state index in [2.05, 4.69) is 5.32 Å². The second-order valence-electron chi connectivity index (χ2n) is 8.33. The normalized spacial score (nSPS) is 13.0. The van der Waals surface area contributed by atoms with Gasteiger partial charge >= 0.3 is 5.97 Å². The molecule has 7 nitrogen and oxygen atoms in total. The standard InChI is InChI=1S/C27H26N2O5S/c1-19-7-8-20(2)24(17-19)28-26(30)18-34-27(31)14-11-21-9-12-23(13-10-21)35(32,33)29-16-15-22-5-3-4-6-25(22)29/h3-14,17H,15-16,18H2,1-2H3,(H,28,30)/b14-11+.